The van der Waals surface area contributed by atoms with Crippen LogP contribution in [-0.2, 0) is 17.8 Å². The number of carbonyl (C=O) groups excluding carboxylic acids is 1. The van der Waals surface area contributed by atoms with Crippen LogP contribution in [0.1, 0.15) is 23.6 Å². The molecule has 0 radical (unpaired) electrons. The SMILES string of the molecule is CCOc1c(Cl)cc(C=CC(=O)N2CCc3ccccc3C2)cc1OC. The number of amides is 1. The zero-order valence-corrected chi connectivity index (χ0v) is 15.8. The van der Waals surface area contributed by atoms with Gasteiger partial charge in [0.25, 0.3) is 0 Å². The Morgan fingerprint density at radius 3 is 2.77 bits per heavy atom. The third-order valence-corrected chi connectivity index (χ3v) is 4.68. The van der Waals surface area contributed by atoms with Crippen LogP contribution in [0.5, 0.6) is 11.5 Å². The molecule has 0 N–H and O–H groups in total. The molecule has 0 spiro atoms. The molecule has 2 aromatic carbocycles. The Morgan fingerprint density at radius 1 is 1.27 bits per heavy atom. The molecule has 0 fully saturated rings. The van der Waals surface area contributed by atoms with Gasteiger partial charge in [-0.15, -0.1) is 0 Å². The Kier molecular flexibility index (Phi) is 5.84. The van der Waals surface area contributed by atoms with Gasteiger partial charge in [-0.05, 0) is 48.2 Å². The predicted octanol–water partition coefficient (Wildman–Crippen LogP) is 4.35. The summed E-state index contributed by atoms with van der Waals surface area (Å²) in [6, 6.07) is 11.8. The van der Waals surface area contributed by atoms with E-state index in [1.54, 1.807) is 25.3 Å². The van der Waals surface area contributed by atoms with Gasteiger partial charge in [-0.1, -0.05) is 35.9 Å². The Labute approximate surface area is 159 Å². The van der Waals surface area contributed by atoms with Crippen LogP contribution < -0.4 is 9.47 Å². The lowest BCUT2D eigenvalue weighted by Gasteiger charge is -2.27. The molecule has 1 aliphatic heterocycles. The Hall–Kier alpha value is -2.46. The van der Waals surface area contributed by atoms with Crippen LogP contribution in [0.2, 0.25) is 5.02 Å². The molecule has 3 rings (SSSR count). The van der Waals surface area contributed by atoms with Crippen molar-refractivity contribution < 1.29 is 14.3 Å². The first-order chi connectivity index (χ1) is 12.6. The van der Waals surface area contributed by atoms with Crippen molar-refractivity contribution in [1.82, 2.24) is 4.90 Å². The average molecular weight is 372 g/mol. The van der Waals surface area contributed by atoms with Crippen molar-refractivity contribution >= 4 is 23.6 Å². The third-order valence-electron chi connectivity index (χ3n) is 4.40. The van der Waals surface area contributed by atoms with Gasteiger partial charge >= 0.3 is 0 Å². The first-order valence-electron chi connectivity index (χ1n) is 8.66. The number of halogens is 1. The first kappa shape index (κ1) is 18.3. The number of benzene rings is 2. The van der Waals surface area contributed by atoms with Gasteiger partial charge in [0.15, 0.2) is 11.5 Å². The minimum Gasteiger partial charge on any atom is -0.493 e. The van der Waals surface area contributed by atoms with Crippen molar-refractivity contribution in [1.29, 1.82) is 0 Å². The zero-order valence-electron chi connectivity index (χ0n) is 15.0. The van der Waals surface area contributed by atoms with E-state index in [2.05, 4.69) is 12.1 Å². The van der Waals surface area contributed by atoms with Crippen LogP contribution in [-0.4, -0.2) is 31.1 Å². The van der Waals surface area contributed by atoms with E-state index in [9.17, 15) is 4.79 Å². The number of rotatable bonds is 5. The van der Waals surface area contributed by atoms with Crippen molar-refractivity contribution in [2.24, 2.45) is 0 Å². The number of hydrogen-bond acceptors (Lipinski definition) is 3. The van der Waals surface area contributed by atoms with E-state index in [1.165, 1.54) is 11.1 Å². The molecule has 0 aliphatic carbocycles. The first-order valence-corrected chi connectivity index (χ1v) is 9.04. The Bertz CT molecular complexity index is 832. The van der Waals surface area contributed by atoms with Crippen LogP contribution in [0.25, 0.3) is 6.08 Å². The highest BCUT2D eigenvalue weighted by molar-refractivity contribution is 6.32. The Balaban J connectivity index is 1.74. The van der Waals surface area contributed by atoms with Crippen molar-refractivity contribution in [3.8, 4) is 11.5 Å². The lowest BCUT2D eigenvalue weighted by atomic mass is 10.00. The fraction of sp³-hybridized carbons (Fsp3) is 0.286. The molecule has 1 heterocycles. The molecule has 2 aromatic rings. The van der Waals surface area contributed by atoms with E-state index in [0.29, 0.717) is 29.7 Å². The van der Waals surface area contributed by atoms with Gasteiger partial charge < -0.3 is 14.4 Å². The molecular formula is C21H22ClNO3. The van der Waals surface area contributed by atoms with Crippen LogP contribution in [0.4, 0.5) is 0 Å². The van der Waals surface area contributed by atoms with Gasteiger partial charge in [-0.2, -0.15) is 0 Å². The van der Waals surface area contributed by atoms with Gasteiger partial charge in [0.1, 0.15) is 0 Å². The van der Waals surface area contributed by atoms with Crippen molar-refractivity contribution in [2.45, 2.75) is 19.9 Å². The number of carbonyl (C=O) groups is 1. The average Bonchev–Trinajstić information content (AvgIpc) is 2.67. The van der Waals surface area contributed by atoms with E-state index >= 15 is 0 Å². The lowest BCUT2D eigenvalue weighted by Crippen LogP contribution is -2.34. The largest absolute Gasteiger partial charge is 0.493 e. The molecule has 5 heteroatoms. The van der Waals surface area contributed by atoms with Gasteiger partial charge in [0.2, 0.25) is 5.91 Å². The molecular weight excluding hydrogens is 350 g/mol. The van der Waals surface area contributed by atoms with Crippen molar-refractivity contribution in [2.75, 3.05) is 20.3 Å². The molecule has 0 aromatic heterocycles. The smallest absolute Gasteiger partial charge is 0.246 e. The Morgan fingerprint density at radius 2 is 2.04 bits per heavy atom. The van der Waals surface area contributed by atoms with Crippen LogP contribution >= 0.6 is 11.6 Å². The molecule has 0 atom stereocenters. The lowest BCUT2D eigenvalue weighted by molar-refractivity contribution is -0.126. The molecule has 136 valence electrons. The number of methoxy groups -OCH3 is 1. The maximum atomic E-state index is 12.5. The summed E-state index contributed by atoms with van der Waals surface area (Å²) in [4.78, 5) is 14.4. The summed E-state index contributed by atoms with van der Waals surface area (Å²) >= 11 is 6.28. The summed E-state index contributed by atoms with van der Waals surface area (Å²) in [5.74, 6) is 1.06. The summed E-state index contributed by atoms with van der Waals surface area (Å²) in [6.45, 7) is 3.76. The summed E-state index contributed by atoms with van der Waals surface area (Å²) in [5.41, 5.74) is 3.33. The minimum atomic E-state index is -0.0107. The maximum absolute atomic E-state index is 12.5. The van der Waals surface area contributed by atoms with Crippen LogP contribution in [0.15, 0.2) is 42.5 Å². The predicted molar refractivity (Wildman–Crippen MR) is 104 cm³/mol. The summed E-state index contributed by atoms with van der Waals surface area (Å²) < 4.78 is 10.9. The topological polar surface area (TPSA) is 38.8 Å². The summed E-state index contributed by atoms with van der Waals surface area (Å²) in [6.07, 6.45) is 4.23. The maximum Gasteiger partial charge on any atom is 0.246 e. The second kappa shape index (κ2) is 8.28. The molecule has 0 unspecified atom stereocenters. The second-order valence-corrected chi connectivity index (χ2v) is 6.49. The standard InChI is InChI=1S/C21H22ClNO3/c1-3-26-21-18(22)12-15(13-19(21)25-2)8-9-20(24)23-11-10-16-6-4-5-7-17(16)14-23/h4-9,12-13H,3,10-11,14H2,1-2H3. The van der Waals surface area contributed by atoms with Gasteiger partial charge in [0, 0.05) is 19.2 Å². The van der Waals surface area contributed by atoms with Gasteiger partial charge in [-0.3, -0.25) is 4.79 Å². The zero-order chi connectivity index (χ0) is 18.5. The molecule has 26 heavy (non-hydrogen) atoms. The number of hydrogen-bond donors (Lipinski definition) is 0. The molecule has 4 nitrogen and oxygen atoms in total. The van der Waals surface area contributed by atoms with Gasteiger partial charge in [-0.25, -0.2) is 0 Å². The van der Waals surface area contributed by atoms with Crippen LogP contribution in [0.3, 0.4) is 0 Å². The molecule has 1 amide bonds. The van der Waals surface area contributed by atoms with Crippen molar-refractivity contribution in [3.63, 3.8) is 0 Å². The van der Waals surface area contributed by atoms with E-state index in [1.807, 2.05) is 30.0 Å². The highest BCUT2D eigenvalue weighted by Crippen LogP contribution is 2.36. The van der Waals surface area contributed by atoms with E-state index in [0.717, 1.165) is 18.5 Å². The third kappa shape index (κ3) is 4.02. The monoisotopic (exact) mass is 371 g/mol. The summed E-state index contributed by atoms with van der Waals surface area (Å²) in [7, 11) is 1.57. The second-order valence-electron chi connectivity index (χ2n) is 6.08. The van der Waals surface area contributed by atoms with Crippen LogP contribution in [0, 0.1) is 0 Å². The minimum absolute atomic E-state index is 0.0107. The summed E-state index contributed by atoms with van der Waals surface area (Å²) in [5, 5.41) is 0.463. The quantitative estimate of drug-likeness (QED) is 0.733. The van der Waals surface area contributed by atoms with E-state index in [-0.39, 0.29) is 5.91 Å². The molecule has 0 saturated heterocycles. The number of ether oxygens (including phenoxy) is 2. The fourth-order valence-corrected chi connectivity index (χ4v) is 3.35. The van der Waals surface area contributed by atoms with E-state index in [4.69, 9.17) is 21.1 Å². The highest BCUT2D eigenvalue weighted by Gasteiger charge is 2.18. The normalized spacial score (nSPS) is 13.6. The molecule has 0 bridgehead atoms. The molecule has 0 saturated carbocycles. The highest BCUT2D eigenvalue weighted by atomic mass is 35.5. The fourth-order valence-electron chi connectivity index (χ4n) is 3.08. The number of nitrogens with zero attached hydrogens (tertiary/aromatic N) is 1. The molecule has 1 aliphatic rings. The van der Waals surface area contributed by atoms with E-state index < -0.39 is 0 Å². The number of fused-ring (bicyclic) bond motifs is 1. The van der Waals surface area contributed by atoms with Crippen molar-refractivity contribution in [3.05, 3.63) is 64.2 Å². The van der Waals surface area contributed by atoms with Gasteiger partial charge in [0.05, 0.1) is 18.7 Å².